The number of rotatable bonds is 43. The number of hydrogen-bond acceptors (Lipinski definition) is 6. The van der Waals surface area contributed by atoms with Gasteiger partial charge >= 0.3 is 17.9 Å². The molecule has 0 saturated carbocycles. The minimum atomic E-state index is -0.883. The third-order valence-corrected chi connectivity index (χ3v) is 10.5. The lowest BCUT2D eigenvalue weighted by molar-refractivity contribution is -0.887. The molecule has 354 valence electrons. The van der Waals surface area contributed by atoms with Gasteiger partial charge in [-0.3, -0.25) is 9.59 Å². The van der Waals surface area contributed by atoms with Crippen molar-refractivity contribution >= 4 is 17.9 Å². The fraction of sp³-hybridized carbons (Fsp3) is 0.685. The summed E-state index contributed by atoms with van der Waals surface area (Å²) < 4.78 is 17.3. The quantitative estimate of drug-likeness (QED) is 0.0282. The van der Waals surface area contributed by atoms with Crippen LogP contribution >= 0.6 is 0 Å². The fourth-order valence-electron chi connectivity index (χ4n) is 6.74. The van der Waals surface area contributed by atoms with Crippen LogP contribution in [0.5, 0.6) is 0 Å². The van der Waals surface area contributed by atoms with E-state index in [0.717, 1.165) is 89.9 Å². The Morgan fingerprint density at radius 1 is 0.500 bits per heavy atom. The highest BCUT2D eigenvalue weighted by molar-refractivity contribution is 5.72. The van der Waals surface area contributed by atoms with Crippen LogP contribution in [-0.4, -0.2) is 80.6 Å². The molecule has 0 aliphatic rings. The maximum Gasteiger partial charge on any atom is 0.362 e. The van der Waals surface area contributed by atoms with Gasteiger partial charge in [0.05, 0.1) is 34.4 Å². The number of carbonyl (C=O) groups excluding carboxylic acids is 2. The monoisotopic (exact) mass is 867 g/mol. The molecular formula is C54H92NO7+. The number of ether oxygens (including phenoxy) is 3. The predicted molar refractivity (Wildman–Crippen MR) is 261 cm³/mol. The topological polar surface area (TPSA) is 99.1 Å². The molecule has 0 aromatic carbocycles. The van der Waals surface area contributed by atoms with Crippen molar-refractivity contribution in [3.63, 3.8) is 0 Å². The summed E-state index contributed by atoms with van der Waals surface area (Å²) in [5, 5.41) is 9.64. The molecule has 0 spiro atoms. The molecule has 0 aromatic rings. The van der Waals surface area contributed by atoms with Crippen LogP contribution < -0.4 is 0 Å². The van der Waals surface area contributed by atoms with E-state index in [1.807, 2.05) is 21.1 Å². The normalized spacial score (nSPS) is 13.6. The summed E-state index contributed by atoms with van der Waals surface area (Å²) in [6.45, 7) is 4.57. The summed E-state index contributed by atoms with van der Waals surface area (Å²) in [4.78, 5) is 37.1. The van der Waals surface area contributed by atoms with Crippen molar-refractivity contribution in [2.24, 2.45) is 0 Å². The average Bonchev–Trinajstić information content (AvgIpc) is 3.23. The van der Waals surface area contributed by atoms with Crippen molar-refractivity contribution in [1.82, 2.24) is 0 Å². The molecule has 0 rings (SSSR count). The van der Waals surface area contributed by atoms with Gasteiger partial charge < -0.3 is 23.8 Å². The third kappa shape index (κ3) is 41.8. The van der Waals surface area contributed by atoms with Gasteiger partial charge in [0.2, 0.25) is 0 Å². The lowest BCUT2D eigenvalue weighted by Crippen LogP contribution is -2.50. The number of quaternary nitrogens is 1. The second-order valence-electron chi connectivity index (χ2n) is 17.3. The number of hydrogen-bond donors (Lipinski definition) is 1. The Bertz CT molecular complexity index is 1290. The van der Waals surface area contributed by atoms with Crippen LogP contribution in [0.4, 0.5) is 0 Å². The maximum atomic E-state index is 12.8. The molecular weight excluding hydrogens is 775 g/mol. The predicted octanol–water partition coefficient (Wildman–Crippen LogP) is 14.1. The zero-order valence-corrected chi connectivity index (χ0v) is 40.3. The molecule has 0 radical (unpaired) electrons. The van der Waals surface area contributed by atoms with Gasteiger partial charge in [-0.1, -0.05) is 163 Å². The van der Waals surface area contributed by atoms with Gasteiger partial charge in [-0.25, -0.2) is 4.79 Å². The minimum Gasteiger partial charge on any atom is -0.477 e. The van der Waals surface area contributed by atoms with Gasteiger partial charge in [0, 0.05) is 19.3 Å². The van der Waals surface area contributed by atoms with E-state index in [9.17, 15) is 19.5 Å². The molecule has 2 atom stereocenters. The first-order valence-corrected chi connectivity index (χ1v) is 24.6. The third-order valence-electron chi connectivity index (χ3n) is 10.5. The van der Waals surface area contributed by atoms with Crippen LogP contribution in [0, 0.1) is 0 Å². The first-order chi connectivity index (χ1) is 30.1. The smallest absolute Gasteiger partial charge is 0.362 e. The number of carboxylic acid groups (broad SMARTS) is 1. The summed E-state index contributed by atoms with van der Waals surface area (Å²) in [6, 6.07) is -0.625. The van der Waals surface area contributed by atoms with E-state index in [-0.39, 0.29) is 36.2 Å². The van der Waals surface area contributed by atoms with E-state index in [0.29, 0.717) is 19.3 Å². The van der Waals surface area contributed by atoms with Crippen molar-refractivity contribution in [3.8, 4) is 0 Å². The lowest BCUT2D eigenvalue weighted by Gasteiger charge is -2.31. The second kappa shape index (κ2) is 44.1. The van der Waals surface area contributed by atoms with Gasteiger partial charge in [0.15, 0.2) is 12.1 Å². The zero-order valence-electron chi connectivity index (χ0n) is 40.3. The number of aliphatic carboxylic acids is 1. The molecule has 62 heavy (non-hydrogen) atoms. The van der Waals surface area contributed by atoms with Gasteiger partial charge in [0.1, 0.15) is 6.61 Å². The van der Waals surface area contributed by atoms with E-state index >= 15 is 0 Å². The number of carbonyl (C=O) groups is 3. The lowest BCUT2D eigenvalue weighted by atomic mass is 10.1. The molecule has 0 amide bonds. The van der Waals surface area contributed by atoms with E-state index in [4.69, 9.17) is 14.2 Å². The number of likely N-dealkylation sites (N-methyl/N-ethyl adjacent to an activating group) is 1. The molecule has 1 N–H and O–H groups in total. The molecule has 0 saturated heterocycles. The molecule has 2 unspecified atom stereocenters. The largest absolute Gasteiger partial charge is 0.477 e. The number of unbranched alkanes of at least 4 members (excludes halogenated alkanes) is 15. The molecule has 0 fully saturated rings. The second-order valence-corrected chi connectivity index (χ2v) is 17.3. The van der Waals surface area contributed by atoms with Crippen LogP contribution in [0.1, 0.15) is 187 Å². The summed E-state index contributed by atoms with van der Waals surface area (Å²) in [6.07, 6.45) is 57.7. The molecule has 8 heteroatoms. The van der Waals surface area contributed by atoms with Gasteiger partial charge in [-0.05, 0) is 89.9 Å². The van der Waals surface area contributed by atoms with Gasteiger partial charge in [0.25, 0.3) is 0 Å². The molecule has 0 aliphatic carbocycles. The van der Waals surface area contributed by atoms with E-state index in [1.165, 1.54) is 64.2 Å². The Balaban J connectivity index is 4.36. The SMILES string of the molecule is CC/C=C/C/C=C/C/C=C/C/C=C/C/C=C/C/C=C/CCCCCCC(=O)OC(COCCC(C(=O)O)[N+](C)(C)C)COC(=O)CCCCCCCCC/C=C/CCCCCC. The van der Waals surface area contributed by atoms with Crippen LogP contribution in [0.3, 0.4) is 0 Å². The Kier molecular flexibility index (Phi) is 41.6. The van der Waals surface area contributed by atoms with Crippen LogP contribution in [0.2, 0.25) is 0 Å². The highest BCUT2D eigenvalue weighted by Gasteiger charge is 2.31. The molecule has 0 aromatic heterocycles. The summed E-state index contributed by atoms with van der Waals surface area (Å²) >= 11 is 0. The first kappa shape index (κ1) is 58.5. The van der Waals surface area contributed by atoms with Crippen molar-refractivity contribution < 1.29 is 38.2 Å². The van der Waals surface area contributed by atoms with Crippen molar-refractivity contribution in [1.29, 1.82) is 0 Å². The molecule has 0 heterocycles. The Labute approximate surface area is 380 Å². The van der Waals surface area contributed by atoms with E-state index in [2.05, 4.69) is 98.9 Å². The van der Waals surface area contributed by atoms with Crippen LogP contribution in [0.25, 0.3) is 0 Å². The number of allylic oxidation sites excluding steroid dienone is 14. The summed E-state index contributed by atoms with van der Waals surface area (Å²) in [7, 11) is 5.51. The highest BCUT2D eigenvalue weighted by atomic mass is 16.6. The van der Waals surface area contributed by atoms with Crippen molar-refractivity contribution in [2.75, 3.05) is 41.0 Å². The van der Waals surface area contributed by atoms with Crippen molar-refractivity contribution in [3.05, 3.63) is 85.1 Å². The Morgan fingerprint density at radius 2 is 0.903 bits per heavy atom. The van der Waals surface area contributed by atoms with Crippen LogP contribution in [-0.2, 0) is 28.6 Å². The molecule has 0 aliphatic heterocycles. The van der Waals surface area contributed by atoms with Crippen LogP contribution in [0.15, 0.2) is 85.1 Å². The molecule has 8 nitrogen and oxygen atoms in total. The molecule has 0 bridgehead atoms. The van der Waals surface area contributed by atoms with Gasteiger partial charge in [-0.2, -0.15) is 0 Å². The standard InChI is InChI=1S/C54H91NO7/c1-6-8-10-12-14-16-18-20-22-23-24-25-26-27-28-29-31-33-35-37-39-41-43-45-53(57)62-50(48-60-47-46-51(54(58)59)55(3,4)5)49-61-52(56)44-42-40-38-36-34-32-30-21-19-17-15-13-11-9-7-2/h8,10,14,16-17,19-20,22,24-25,27-28,31,33,50-51H,6-7,9,11-13,15,18,21,23,26,29-30,32,34-49H2,1-5H3/p+1/b10-8+,16-14+,19-17+,22-20+,25-24+,28-27+,33-31+. The average molecular weight is 867 g/mol. The summed E-state index contributed by atoms with van der Waals surface area (Å²) in [5.41, 5.74) is 0. The maximum absolute atomic E-state index is 12.8. The fourth-order valence-corrected chi connectivity index (χ4v) is 6.74. The van der Waals surface area contributed by atoms with Gasteiger partial charge in [-0.15, -0.1) is 0 Å². The zero-order chi connectivity index (χ0) is 45.6. The Morgan fingerprint density at radius 3 is 1.35 bits per heavy atom. The summed E-state index contributed by atoms with van der Waals surface area (Å²) in [5.74, 6) is -1.51. The first-order valence-electron chi connectivity index (χ1n) is 24.6. The van der Waals surface area contributed by atoms with E-state index < -0.39 is 18.1 Å². The van der Waals surface area contributed by atoms with E-state index in [1.54, 1.807) is 0 Å². The number of esters is 2. The highest BCUT2D eigenvalue weighted by Crippen LogP contribution is 2.13. The van der Waals surface area contributed by atoms with Crippen molar-refractivity contribution in [2.45, 2.75) is 199 Å². The number of nitrogens with zero attached hydrogens (tertiary/aromatic N) is 1. The Hall–Kier alpha value is -3.49. The number of carboxylic acids is 1. The minimum absolute atomic E-state index is 0.0449.